The average molecular weight is 540 g/mol. The number of hydrogen-bond donors (Lipinski definition) is 0. The first kappa shape index (κ1) is 25.4. The maximum atomic E-state index is 14.5. The molecule has 0 unspecified atom stereocenters. The van der Waals surface area contributed by atoms with Crippen LogP contribution in [0.5, 0.6) is 5.75 Å². The molecule has 0 N–H and O–H groups in total. The van der Waals surface area contributed by atoms with Crippen molar-refractivity contribution in [2.75, 3.05) is 6.61 Å². The molecule has 39 heavy (non-hydrogen) atoms. The van der Waals surface area contributed by atoms with Crippen molar-refractivity contribution >= 4 is 45.5 Å². The number of amidine groups is 1. The van der Waals surface area contributed by atoms with Crippen molar-refractivity contribution in [1.82, 2.24) is 9.47 Å². The molecule has 1 aliphatic heterocycles. The first-order valence-electron chi connectivity index (χ1n) is 13.5. The number of hydrogen-bond acceptors (Lipinski definition) is 4. The highest BCUT2D eigenvalue weighted by atomic mass is 32.2. The summed E-state index contributed by atoms with van der Waals surface area (Å²) < 4.78 is 22.6. The summed E-state index contributed by atoms with van der Waals surface area (Å²) in [5.41, 5.74) is 2.31. The highest BCUT2D eigenvalue weighted by Gasteiger charge is 2.39. The molecular formula is C32H30FN3O2S. The number of amides is 1. The number of benzene rings is 3. The Kier molecular flexibility index (Phi) is 7.50. The summed E-state index contributed by atoms with van der Waals surface area (Å²) in [4.78, 5) is 20.9. The van der Waals surface area contributed by atoms with E-state index >= 15 is 0 Å². The van der Waals surface area contributed by atoms with Gasteiger partial charge in [0.05, 0.1) is 11.4 Å². The number of ether oxygens (including phenoxy) is 1. The van der Waals surface area contributed by atoms with E-state index in [4.69, 9.17) is 4.74 Å². The maximum Gasteiger partial charge on any atom is 0.267 e. The predicted molar refractivity (Wildman–Crippen MR) is 157 cm³/mol. The third-order valence-corrected chi connectivity index (χ3v) is 8.28. The molecule has 1 amide bonds. The molecule has 0 radical (unpaired) electrons. The summed E-state index contributed by atoms with van der Waals surface area (Å²) in [5, 5.41) is 1.63. The van der Waals surface area contributed by atoms with Crippen molar-refractivity contribution in [3.05, 3.63) is 101 Å². The number of aliphatic imine (C=N–C) groups is 1. The molecule has 2 heterocycles. The van der Waals surface area contributed by atoms with Crippen LogP contribution in [0.3, 0.4) is 0 Å². The zero-order chi connectivity index (χ0) is 26.6. The Hall–Kier alpha value is -3.84. The van der Waals surface area contributed by atoms with Gasteiger partial charge in [0.25, 0.3) is 5.91 Å². The van der Waals surface area contributed by atoms with E-state index in [9.17, 15) is 9.18 Å². The van der Waals surface area contributed by atoms with Crippen LogP contribution in [0.15, 0.2) is 95.0 Å². The van der Waals surface area contributed by atoms with Gasteiger partial charge in [0.1, 0.15) is 23.9 Å². The van der Waals surface area contributed by atoms with Crippen molar-refractivity contribution in [2.24, 2.45) is 4.99 Å². The average Bonchev–Trinajstić information content (AvgIpc) is 3.47. The summed E-state index contributed by atoms with van der Waals surface area (Å²) in [6.07, 6.45) is 9.28. The lowest BCUT2D eigenvalue weighted by Gasteiger charge is -2.30. The zero-order valence-electron chi connectivity index (χ0n) is 21.6. The smallest absolute Gasteiger partial charge is 0.267 e. The Morgan fingerprint density at radius 1 is 0.949 bits per heavy atom. The molecule has 0 atom stereocenters. The lowest BCUT2D eigenvalue weighted by molar-refractivity contribution is -0.124. The lowest BCUT2D eigenvalue weighted by atomic mass is 9.94. The van der Waals surface area contributed by atoms with Gasteiger partial charge in [-0.3, -0.25) is 9.69 Å². The minimum absolute atomic E-state index is 0.0498. The molecule has 1 saturated carbocycles. The molecule has 2 fully saturated rings. The fourth-order valence-corrected chi connectivity index (χ4v) is 6.41. The number of para-hydroxylation sites is 3. The lowest BCUT2D eigenvalue weighted by Crippen LogP contribution is -2.40. The molecule has 1 aromatic heterocycles. The largest absolute Gasteiger partial charge is 0.492 e. The number of rotatable bonds is 7. The summed E-state index contributed by atoms with van der Waals surface area (Å²) >= 11 is 1.34. The maximum absolute atomic E-state index is 14.5. The molecule has 1 saturated heterocycles. The Balaban J connectivity index is 1.32. The van der Waals surface area contributed by atoms with Gasteiger partial charge in [0.2, 0.25) is 0 Å². The Morgan fingerprint density at radius 2 is 1.69 bits per heavy atom. The van der Waals surface area contributed by atoms with Crippen molar-refractivity contribution in [1.29, 1.82) is 0 Å². The Labute approximate surface area is 232 Å². The monoisotopic (exact) mass is 539 g/mol. The van der Waals surface area contributed by atoms with Gasteiger partial charge < -0.3 is 9.30 Å². The van der Waals surface area contributed by atoms with E-state index in [-0.39, 0.29) is 23.5 Å². The molecule has 4 aromatic rings. The first-order valence-corrected chi connectivity index (χ1v) is 14.3. The second kappa shape index (κ2) is 11.5. The van der Waals surface area contributed by atoms with Gasteiger partial charge >= 0.3 is 0 Å². The van der Waals surface area contributed by atoms with Crippen LogP contribution in [-0.4, -0.2) is 33.2 Å². The van der Waals surface area contributed by atoms with Gasteiger partial charge in [0.15, 0.2) is 5.17 Å². The van der Waals surface area contributed by atoms with Crippen LogP contribution in [0.4, 0.5) is 10.1 Å². The number of aromatic nitrogens is 1. The highest BCUT2D eigenvalue weighted by Crippen LogP contribution is 2.39. The highest BCUT2D eigenvalue weighted by molar-refractivity contribution is 8.18. The quantitative estimate of drug-likeness (QED) is 0.225. The Bertz CT molecular complexity index is 1540. The number of halogens is 1. The molecule has 0 bridgehead atoms. The molecule has 5 nitrogen and oxygen atoms in total. The van der Waals surface area contributed by atoms with Crippen molar-refractivity contribution in [3.8, 4) is 5.75 Å². The van der Waals surface area contributed by atoms with E-state index in [0.717, 1.165) is 47.9 Å². The van der Waals surface area contributed by atoms with Crippen LogP contribution in [-0.2, 0) is 11.3 Å². The SMILES string of the molecule is O=C1/C(=C\c2cn(CCOc3ccccc3)c3ccccc23)SC(=Nc2ccccc2F)N1C1CCCCC1. The molecule has 198 valence electrons. The number of nitrogens with zero attached hydrogens (tertiary/aromatic N) is 3. The van der Waals surface area contributed by atoms with Gasteiger partial charge in [-0.15, -0.1) is 0 Å². The van der Waals surface area contributed by atoms with Crippen molar-refractivity contribution in [2.45, 2.75) is 44.7 Å². The summed E-state index contributed by atoms with van der Waals surface area (Å²) in [6, 6.07) is 24.5. The van der Waals surface area contributed by atoms with E-state index in [1.165, 1.54) is 24.2 Å². The van der Waals surface area contributed by atoms with E-state index in [2.05, 4.69) is 27.9 Å². The van der Waals surface area contributed by atoms with Gasteiger partial charge in [-0.1, -0.05) is 67.8 Å². The molecule has 3 aromatic carbocycles. The van der Waals surface area contributed by atoms with Crippen LogP contribution >= 0.6 is 11.8 Å². The minimum atomic E-state index is -0.389. The second-order valence-corrected chi connectivity index (χ2v) is 10.9. The first-order chi connectivity index (χ1) is 19.2. The molecule has 7 heteroatoms. The fraction of sp³-hybridized carbons (Fsp3) is 0.250. The summed E-state index contributed by atoms with van der Waals surface area (Å²) in [5.74, 6) is 0.403. The Morgan fingerprint density at radius 3 is 2.51 bits per heavy atom. The molecule has 2 aliphatic rings. The molecule has 6 rings (SSSR count). The second-order valence-electron chi connectivity index (χ2n) is 9.88. The van der Waals surface area contributed by atoms with Crippen LogP contribution < -0.4 is 4.74 Å². The van der Waals surface area contributed by atoms with Gasteiger partial charge in [-0.25, -0.2) is 9.38 Å². The van der Waals surface area contributed by atoms with Gasteiger partial charge in [0, 0.05) is 28.7 Å². The van der Waals surface area contributed by atoms with E-state index in [0.29, 0.717) is 23.2 Å². The standard InChI is InChI=1S/C32H30FN3O2S/c33-27-16-8-9-17-28(27)34-32-36(24-11-3-1-4-12-24)31(37)30(39-32)21-23-22-35(29-18-10-7-15-26(23)29)19-20-38-25-13-5-2-6-14-25/h2,5-10,13-18,21-22,24H,1,3-4,11-12,19-20H2/b30-21+,34-32?. The van der Waals surface area contributed by atoms with Crippen molar-refractivity contribution in [3.63, 3.8) is 0 Å². The number of thioether (sulfide) groups is 1. The van der Waals surface area contributed by atoms with E-state index in [1.807, 2.05) is 53.4 Å². The fourth-order valence-electron chi connectivity index (χ4n) is 5.37. The number of fused-ring (bicyclic) bond motifs is 1. The molecule has 0 spiro atoms. The zero-order valence-corrected chi connectivity index (χ0v) is 22.4. The topological polar surface area (TPSA) is 46.8 Å². The van der Waals surface area contributed by atoms with E-state index in [1.54, 1.807) is 18.2 Å². The van der Waals surface area contributed by atoms with Crippen LogP contribution in [0.1, 0.15) is 37.7 Å². The number of carbonyl (C=O) groups excluding carboxylic acids is 1. The van der Waals surface area contributed by atoms with Gasteiger partial charge in [-0.2, -0.15) is 0 Å². The third kappa shape index (κ3) is 5.50. The van der Waals surface area contributed by atoms with Crippen LogP contribution in [0.2, 0.25) is 0 Å². The van der Waals surface area contributed by atoms with Gasteiger partial charge in [-0.05, 0) is 61.0 Å². The normalized spacial score (nSPS) is 18.5. The third-order valence-electron chi connectivity index (χ3n) is 7.30. The van der Waals surface area contributed by atoms with Crippen molar-refractivity contribution < 1.29 is 13.9 Å². The molecule has 1 aliphatic carbocycles. The molecular weight excluding hydrogens is 509 g/mol. The summed E-state index contributed by atoms with van der Waals surface area (Å²) in [6.45, 7) is 1.20. The van der Waals surface area contributed by atoms with E-state index < -0.39 is 0 Å². The van der Waals surface area contributed by atoms with Crippen LogP contribution in [0.25, 0.3) is 17.0 Å². The van der Waals surface area contributed by atoms with Crippen LogP contribution in [0, 0.1) is 5.82 Å². The summed E-state index contributed by atoms with van der Waals surface area (Å²) in [7, 11) is 0. The number of carbonyl (C=O) groups is 1. The predicted octanol–water partition coefficient (Wildman–Crippen LogP) is 7.80. The minimum Gasteiger partial charge on any atom is -0.492 e.